The van der Waals surface area contributed by atoms with Crippen molar-refractivity contribution in [3.05, 3.63) is 82.9 Å². The third kappa shape index (κ3) is 3.46. The first-order chi connectivity index (χ1) is 16.3. The lowest BCUT2D eigenvalue weighted by molar-refractivity contribution is -0.100. The summed E-state index contributed by atoms with van der Waals surface area (Å²) >= 11 is 0. The third-order valence-corrected chi connectivity index (χ3v) is 8.44. The van der Waals surface area contributed by atoms with Crippen LogP contribution >= 0.6 is 0 Å². The molecule has 2 aromatic rings. The average Bonchev–Trinajstić information content (AvgIpc) is 3.16. The molecule has 0 unspecified atom stereocenters. The second kappa shape index (κ2) is 8.51. The molecule has 2 saturated carbocycles. The van der Waals surface area contributed by atoms with Crippen LogP contribution in [0.3, 0.4) is 0 Å². The summed E-state index contributed by atoms with van der Waals surface area (Å²) in [5.41, 5.74) is 1.18. The van der Waals surface area contributed by atoms with E-state index in [0.717, 1.165) is 38.0 Å². The maximum absolute atomic E-state index is 14.3. The van der Waals surface area contributed by atoms with Crippen molar-refractivity contribution in [3.8, 4) is 0 Å². The van der Waals surface area contributed by atoms with Gasteiger partial charge < -0.3 is 15.6 Å². The molecule has 34 heavy (non-hydrogen) atoms. The molecule has 5 rings (SSSR count). The van der Waals surface area contributed by atoms with E-state index < -0.39 is 17.0 Å². The molecule has 2 bridgehead atoms. The van der Waals surface area contributed by atoms with Crippen LogP contribution in [-0.4, -0.2) is 42.1 Å². The molecule has 1 saturated heterocycles. The van der Waals surface area contributed by atoms with Gasteiger partial charge in [-0.3, -0.25) is 4.90 Å². The molecule has 0 aromatic heterocycles. The Morgan fingerprint density at radius 2 is 1.82 bits per heavy atom. The molecular formula is C28H31F2N3O. The summed E-state index contributed by atoms with van der Waals surface area (Å²) in [5.74, 6) is -1.45. The second-order valence-electron chi connectivity index (χ2n) is 10.3. The number of nitrogens with one attached hydrogen (secondary N) is 2. The standard InChI is InChI=1S/C28H31F2N3O/c1-27(2)20-11-12-28(27,24-17-33(13-14-34-24)16-18-7-4-3-5-8-18)26(32)19(20)15-23(31)25-21(29)9-6-10-22(25)30/h3-10,15,20,24,31-32H,11-14,16-17H2,1-2H3/b19-15-,31-23?,32-26?/t20-,24-,28-/m0/s1. The SMILES string of the molecule is CC1(C)[C@H]2CC[C@]1([C@@H]1CN(Cc3ccccc3)CCO1)C(=N)/C2=C\C(=N)c1c(F)cccc1F. The summed E-state index contributed by atoms with van der Waals surface area (Å²) in [6.07, 6.45) is 3.13. The minimum absolute atomic E-state index is 0.0586. The van der Waals surface area contributed by atoms with Gasteiger partial charge >= 0.3 is 0 Å². The number of ether oxygens (including phenoxy) is 1. The number of benzene rings is 2. The summed E-state index contributed by atoms with van der Waals surface area (Å²) in [6.45, 7) is 7.41. The first-order valence-electron chi connectivity index (χ1n) is 12.0. The Morgan fingerprint density at radius 1 is 1.12 bits per heavy atom. The lowest BCUT2D eigenvalue weighted by Gasteiger charge is -2.47. The van der Waals surface area contributed by atoms with E-state index >= 15 is 0 Å². The van der Waals surface area contributed by atoms with Crippen molar-refractivity contribution in [2.45, 2.75) is 39.3 Å². The van der Waals surface area contributed by atoms with Gasteiger partial charge in [0.15, 0.2) is 0 Å². The van der Waals surface area contributed by atoms with Crippen LogP contribution in [0.25, 0.3) is 0 Å². The van der Waals surface area contributed by atoms with Gasteiger partial charge in [-0.05, 0) is 53.5 Å². The Hall–Kier alpha value is -2.70. The van der Waals surface area contributed by atoms with Crippen LogP contribution in [0.4, 0.5) is 8.78 Å². The van der Waals surface area contributed by atoms with Crippen LogP contribution in [0, 0.1) is 39.2 Å². The first-order valence-corrected chi connectivity index (χ1v) is 12.0. The normalized spacial score (nSPS) is 29.6. The summed E-state index contributed by atoms with van der Waals surface area (Å²) in [6, 6.07) is 14.0. The summed E-state index contributed by atoms with van der Waals surface area (Å²) in [4.78, 5) is 2.40. The van der Waals surface area contributed by atoms with Gasteiger partial charge in [0.05, 0.1) is 24.0 Å². The zero-order valence-electron chi connectivity index (χ0n) is 19.7. The van der Waals surface area contributed by atoms with Crippen molar-refractivity contribution in [3.63, 3.8) is 0 Å². The van der Waals surface area contributed by atoms with E-state index in [-0.39, 0.29) is 28.7 Å². The van der Waals surface area contributed by atoms with Gasteiger partial charge in [-0.15, -0.1) is 0 Å². The highest BCUT2D eigenvalue weighted by Gasteiger charge is 2.68. The molecule has 0 radical (unpaired) electrons. The highest BCUT2D eigenvalue weighted by molar-refractivity contribution is 6.15. The van der Waals surface area contributed by atoms with Crippen molar-refractivity contribution < 1.29 is 13.5 Å². The largest absolute Gasteiger partial charge is 0.375 e. The molecule has 1 heterocycles. The Labute approximate surface area is 199 Å². The van der Waals surface area contributed by atoms with Gasteiger partial charge in [0, 0.05) is 30.8 Å². The number of allylic oxidation sites excluding steroid dienone is 2. The fraction of sp³-hybridized carbons (Fsp3) is 0.429. The molecule has 6 heteroatoms. The first kappa shape index (κ1) is 23.1. The molecular weight excluding hydrogens is 432 g/mol. The van der Waals surface area contributed by atoms with Gasteiger partial charge in [-0.2, -0.15) is 0 Å². The minimum Gasteiger partial charge on any atom is -0.375 e. The van der Waals surface area contributed by atoms with Gasteiger partial charge in [-0.25, -0.2) is 8.78 Å². The monoisotopic (exact) mass is 463 g/mol. The molecule has 2 aliphatic carbocycles. The highest BCUT2D eigenvalue weighted by atomic mass is 19.1. The van der Waals surface area contributed by atoms with E-state index in [4.69, 9.17) is 10.1 Å². The van der Waals surface area contributed by atoms with Crippen LogP contribution in [0.1, 0.15) is 37.8 Å². The molecule has 2 N–H and O–H groups in total. The van der Waals surface area contributed by atoms with Crippen LogP contribution in [0.2, 0.25) is 0 Å². The number of rotatable bonds is 5. The van der Waals surface area contributed by atoms with Crippen LogP contribution in [0.5, 0.6) is 0 Å². The fourth-order valence-electron chi connectivity index (χ4n) is 6.67. The molecule has 2 aromatic carbocycles. The zero-order chi connectivity index (χ0) is 24.1. The van der Waals surface area contributed by atoms with E-state index in [1.165, 1.54) is 29.8 Å². The summed E-state index contributed by atoms with van der Waals surface area (Å²) in [5, 5.41) is 17.7. The number of hydrogen-bond donors (Lipinski definition) is 2. The van der Waals surface area contributed by atoms with Gasteiger partial charge in [-0.1, -0.05) is 50.2 Å². The van der Waals surface area contributed by atoms with E-state index in [1.54, 1.807) is 0 Å². The topological polar surface area (TPSA) is 60.2 Å². The van der Waals surface area contributed by atoms with E-state index in [1.807, 2.05) is 18.2 Å². The predicted molar refractivity (Wildman–Crippen MR) is 129 cm³/mol. The third-order valence-electron chi connectivity index (χ3n) is 8.44. The van der Waals surface area contributed by atoms with E-state index in [0.29, 0.717) is 12.3 Å². The maximum atomic E-state index is 14.3. The lowest BCUT2D eigenvalue weighted by Crippen LogP contribution is -2.55. The Balaban J connectivity index is 1.44. The number of morpholine rings is 1. The molecule has 4 nitrogen and oxygen atoms in total. The van der Waals surface area contributed by atoms with Gasteiger partial charge in [0.1, 0.15) is 11.6 Å². The molecule has 0 spiro atoms. The second-order valence-corrected chi connectivity index (χ2v) is 10.3. The maximum Gasteiger partial charge on any atom is 0.135 e. The van der Waals surface area contributed by atoms with Gasteiger partial charge in [0.2, 0.25) is 0 Å². The predicted octanol–water partition coefficient (Wildman–Crippen LogP) is 5.62. The Morgan fingerprint density at radius 3 is 2.53 bits per heavy atom. The Bertz CT molecular complexity index is 1140. The fourth-order valence-corrected chi connectivity index (χ4v) is 6.67. The molecule has 3 fully saturated rings. The minimum atomic E-state index is -0.752. The zero-order valence-corrected chi connectivity index (χ0v) is 19.7. The number of hydrogen-bond acceptors (Lipinski definition) is 4. The number of halogens is 2. The lowest BCUT2D eigenvalue weighted by atomic mass is 9.64. The highest BCUT2D eigenvalue weighted by Crippen LogP contribution is 2.68. The summed E-state index contributed by atoms with van der Waals surface area (Å²) < 4.78 is 35.0. The van der Waals surface area contributed by atoms with Gasteiger partial charge in [0.25, 0.3) is 0 Å². The van der Waals surface area contributed by atoms with Crippen molar-refractivity contribution in [1.82, 2.24) is 4.90 Å². The van der Waals surface area contributed by atoms with Crippen molar-refractivity contribution in [1.29, 1.82) is 10.8 Å². The van der Waals surface area contributed by atoms with Crippen molar-refractivity contribution >= 4 is 11.4 Å². The molecule has 1 aliphatic heterocycles. The number of fused-ring (bicyclic) bond motifs is 2. The summed E-state index contributed by atoms with van der Waals surface area (Å²) in [7, 11) is 0. The van der Waals surface area contributed by atoms with Crippen LogP contribution in [0.15, 0.2) is 60.2 Å². The van der Waals surface area contributed by atoms with E-state index in [9.17, 15) is 14.2 Å². The van der Waals surface area contributed by atoms with Crippen molar-refractivity contribution in [2.24, 2.45) is 16.7 Å². The quantitative estimate of drug-likeness (QED) is 0.566. The molecule has 178 valence electrons. The van der Waals surface area contributed by atoms with Crippen molar-refractivity contribution in [2.75, 3.05) is 19.7 Å². The number of nitrogens with zero attached hydrogens (tertiary/aromatic N) is 1. The smallest absolute Gasteiger partial charge is 0.135 e. The molecule has 3 atom stereocenters. The molecule has 0 amide bonds. The Kier molecular flexibility index (Phi) is 5.77. The molecule has 3 aliphatic rings. The van der Waals surface area contributed by atoms with Crippen LogP contribution in [-0.2, 0) is 11.3 Å². The average molecular weight is 464 g/mol. The van der Waals surface area contributed by atoms with E-state index in [2.05, 4.69) is 30.9 Å². The van der Waals surface area contributed by atoms with Crippen LogP contribution < -0.4 is 0 Å².